The van der Waals surface area contributed by atoms with Crippen LogP contribution in [0.25, 0.3) is 0 Å². The topological polar surface area (TPSA) is 24.5 Å². The lowest BCUT2D eigenvalue weighted by molar-refractivity contribution is -0.184. The van der Waals surface area contributed by atoms with Gasteiger partial charge in [0.05, 0.1) is 12.0 Å². The molecule has 0 unspecified atom stereocenters. The van der Waals surface area contributed by atoms with E-state index in [1.807, 2.05) is 13.8 Å². The van der Waals surface area contributed by atoms with E-state index in [1.54, 1.807) is 0 Å². The standard InChI is InChI=1S/C14H27F3N2O/c1-12(2)20-11-3-6-18-7-10-19-8-4-13(5-9-19)14(15,16)17/h12-13,18H,3-11H2,1-2H3. The van der Waals surface area contributed by atoms with Gasteiger partial charge in [-0.25, -0.2) is 0 Å². The molecular formula is C14H27F3N2O. The lowest BCUT2D eigenvalue weighted by atomic mass is 9.96. The maximum atomic E-state index is 12.5. The summed E-state index contributed by atoms with van der Waals surface area (Å²) in [7, 11) is 0. The van der Waals surface area contributed by atoms with Crippen LogP contribution in [-0.4, -0.2) is 56.5 Å². The van der Waals surface area contributed by atoms with Crippen molar-refractivity contribution in [2.24, 2.45) is 5.92 Å². The van der Waals surface area contributed by atoms with Gasteiger partial charge in [0.1, 0.15) is 0 Å². The summed E-state index contributed by atoms with van der Waals surface area (Å²) in [6.45, 7) is 8.45. The number of halogens is 3. The minimum Gasteiger partial charge on any atom is -0.379 e. The summed E-state index contributed by atoms with van der Waals surface area (Å²) >= 11 is 0. The van der Waals surface area contributed by atoms with Crippen LogP contribution >= 0.6 is 0 Å². The molecule has 1 rings (SSSR count). The molecule has 6 heteroatoms. The van der Waals surface area contributed by atoms with E-state index in [0.29, 0.717) is 13.1 Å². The summed E-state index contributed by atoms with van der Waals surface area (Å²) < 4.78 is 42.9. The SMILES string of the molecule is CC(C)OCCCNCCN1CCC(C(F)(F)F)CC1. The maximum absolute atomic E-state index is 12.5. The van der Waals surface area contributed by atoms with Crippen molar-refractivity contribution in [3.05, 3.63) is 0 Å². The van der Waals surface area contributed by atoms with Crippen LogP contribution in [0.5, 0.6) is 0 Å². The van der Waals surface area contributed by atoms with Gasteiger partial charge < -0.3 is 15.0 Å². The van der Waals surface area contributed by atoms with Crippen LogP contribution in [0, 0.1) is 5.92 Å². The summed E-state index contributed by atoms with van der Waals surface area (Å²) in [4.78, 5) is 2.11. The molecule has 0 spiro atoms. The molecule has 0 saturated carbocycles. The fourth-order valence-corrected chi connectivity index (χ4v) is 2.36. The molecule has 1 aliphatic rings. The van der Waals surface area contributed by atoms with Crippen LogP contribution in [0.2, 0.25) is 0 Å². The largest absolute Gasteiger partial charge is 0.391 e. The predicted octanol–water partition coefficient (Wildman–Crippen LogP) is 2.67. The van der Waals surface area contributed by atoms with Gasteiger partial charge in [-0.3, -0.25) is 0 Å². The summed E-state index contributed by atoms with van der Waals surface area (Å²) in [5.41, 5.74) is 0. The normalized spacial score (nSPS) is 18.9. The van der Waals surface area contributed by atoms with E-state index in [2.05, 4.69) is 10.2 Å². The van der Waals surface area contributed by atoms with Gasteiger partial charge in [-0.1, -0.05) is 0 Å². The minimum absolute atomic E-state index is 0.242. The number of piperidine rings is 1. The zero-order valence-corrected chi connectivity index (χ0v) is 12.5. The van der Waals surface area contributed by atoms with E-state index in [-0.39, 0.29) is 18.9 Å². The van der Waals surface area contributed by atoms with Gasteiger partial charge in [-0.15, -0.1) is 0 Å². The Hall–Kier alpha value is -0.330. The molecule has 0 radical (unpaired) electrons. The van der Waals surface area contributed by atoms with Gasteiger partial charge in [0.25, 0.3) is 0 Å². The number of hydrogen-bond acceptors (Lipinski definition) is 3. The highest BCUT2D eigenvalue weighted by Gasteiger charge is 2.40. The number of alkyl halides is 3. The van der Waals surface area contributed by atoms with E-state index < -0.39 is 12.1 Å². The van der Waals surface area contributed by atoms with Crippen molar-refractivity contribution in [2.45, 2.75) is 45.4 Å². The van der Waals surface area contributed by atoms with Crippen molar-refractivity contribution in [1.29, 1.82) is 0 Å². The van der Waals surface area contributed by atoms with Crippen LogP contribution < -0.4 is 5.32 Å². The predicted molar refractivity (Wildman–Crippen MR) is 73.8 cm³/mol. The van der Waals surface area contributed by atoms with Crippen molar-refractivity contribution >= 4 is 0 Å². The highest BCUT2D eigenvalue weighted by molar-refractivity contribution is 4.77. The molecule has 1 fully saturated rings. The molecule has 1 saturated heterocycles. The highest BCUT2D eigenvalue weighted by atomic mass is 19.4. The number of nitrogens with one attached hydrogen (secondary N) is 1. The Kier molecular flexibility index (Phi) is 7.84. The molecule has 0 aromatic rings. The van der Waals surface area contributed by atoms with E-state index >= 15 is 0 Å². The average Bonchev–Trinajstić information content (AvgIpc) is 2.37. The number of ether oxygens (including phenoxy) is 1. The Morgan fingerprint density at radius 3 is 2.40 bits per heavy atom. The molecule has 0 amide bonds. The Morgan fingerprint density at radius 1 is 1.20 bits per heavy atom. The van der Waals surface area contributed by atoms with Crippen LogP contribution in [0.4, 0.5) is 13.2 Å². The fraction of sp³-hybridized carbons (Fsp3) is 1.00. The molecule has 3 nitrogen and oxygen atoms in total. The van der Waals surface area contributed by atoms with Crippen molar-refractivity contribution in [1.82, 2.24) is 10.2 Å². The highest BCUT2D eigenvalue weighted by Crippen LogP contribution is 2.33. The summed E-state index contributed by atoms with van der Waals surface area (Å²) in [6, 6.07) is 0. The second kappa shape index (κ2) is 8.85. The van der Waals surface area contributed by atoms with Crippen molar-refractivity contribution in [3.8, 4) is 0 Å². The number of likely N-dealkylation sites (tertiary alicyclic amines) is 1. The molecule has 20 heavy (non-hydrogen) atoms. The zero-order valence-electron chi connectivity index (χ0n) is 12.5. The van der Waals surface area contributed by atoms with E-state index in [1.165, 1.54) is 0 Å². The van der Waals surface area contributed by atoms with Crippen LogP contribution in [-0.2, 0) is 4.74 Å². The molecule has 1 heterocycles. The molecule has 1 N–H and O–H groups in total. The van der Waals surface area contributed by atoms with Gasteiger partial charge in [0.15, 0.2) is 0 Å². The molecule has 0 aromatic heterocycles. The van der Waals surface area contributed by atoms with Crippen LogP contribution in [0.3, 0.4) is 0 Å². The molecule has 120 valence electrons. The van der Waals surface area contributed by atoms with Crippen LogP contribution in [0.1, 0.15) is 33.1 Å². The summed E-state index contributed by atoms with van der Waals surface area (Å²) in [5.74, 6) is -1.10. The third-order valence-electron chi connectivity index (χ3n) is 3.60. The van der Waals surface area contributed by atoms with Gasteiger partial charge in [0.2, 0.25) is 0 Å². The Balaban J connectivity index is 1.97. The first-order chi connectivity index (χ1) is 9.39. The summed E-state index contributed by atoms with van der Waals surface area (Å²) in [5, 5.41) is 3.30. The first kappa shape index (κ1) is 17.7. The zero-order chi connectivity index (χ0) is 15.0. The molecule has 1 aliphatic heterocycles. The Morgan fingerprint density at radius 2 is 1.85 bits per heavy atom. The summed E-state index contributed by atoms with van der Waals surface area (Å²) in [6.07, 6.45) is -2.29. The lowest BCUT2D eigenvalue weighted by Gasteiger charge is -2.32. The van der Waals surface area contributed by atoms with Crippen molar-refractivity contribution in [2.75, 3.05) is 39.3 Å². The molecule has 0 aromatic carbocycles. The minimum atomic E-state index is -4.01. The second-order valence-electron chi connectivity index (χ2n) is 5.68. The van der Waals surface area contributed by atoms with Crippen molar-refractivity contribution < 1.29 is 17.9 Å². The van der Waals surface area contributed by atoms with Crippen molar-refractivity contribution in [3.63, 3.8) is 0 Å². The van der Waals surface area contributed by atoms with Gasteiger partial charge >= 0.3 is 6.18 Å². The van der Waals surface area contributed by atoms with E-state index in [0.717, 1.165) is 32.7 Å². The van der Waals surface area contributed by atoms with Gasteiger partial charge in [-0.2, -0.15) is 13.2 Å². The van der Waals surface area contributed by atoms with Gasteiger partial charge in [0, 0.05) is 19.7 Å². The fourth-order valence-electron chi connectivity index (χ4n) is 2.36. The first-order valence-corrected chi connectivity index (χ1v) is 7.51. The van der Waals surface area contributed by atoms with E-state index in [9.17, 15) is 13.2 Å². The maximum Gasteiger partial charge on any atom is 0.391 e. The molecule has 0 aliphatic carbocycles. The molecule has 0 atom stereocenters. The number of nitrogens with zero attached hydrogens (tertiary/aromatic N) is 1. The molecule has 0 bridgehead atoms. The Labute approximate surface area is 119 Å². The Bertz CT molecular complexity index is 251. The molecular weight excluding hydrogens is 269 g/mol. The average molecular weight is 296 g/mol. The number of rotatable bonds is 8. The quantitative estimate of drug-likeness (QED) is 0.697. The monoisotopic (exact) mass is 296 g/mol. The third kappa shape index (κ3) is 7.45. The third-order valence-corrected chi connectivity index (χ3v) is 3.60. The number of hydrogen-bond donors (Lipinski definition) is 1. The van der Waals surface area contributed by atoms with E-state index in [4.69, 9.17) is 4.74 Å². The lowest BCUT2D eigenvalue weighted by Crippen LogP contribution is -2.41. The first-order valence-electron chi connectivity index (χ1n) is 7.51. The second-order valence-corrected chi connectivity index (χ2v) is 5.68. The van der Waals surface area contributed by atoms with Gasteiger partial charge in [-0.05, 0) is 52.7 Å². The van der Waals surface area contributed by atoms with Crippen LogP contribution in [0.15, 0.2) is 0 Å². The smallest absolute Gasteiger partial charge is 0.379 e.